The lowest BCUT2D eigenvalue weighted by Crippen LogP contribution is -2.01. The highest BCUT2D eigenvalue weighted by Crippen LogP contribution is 2.43. The van der Waals surface area contributed by atoms with Crippen molar-refractivity contribution in [3.8, 4) is 28.2 Å². The van der Waals surface area contributed by atoms with Crippen molar-refractivity contribution in [1.82, 2.24) is 13.7 Å². The Labute approximate surface area is 309 Å². The summed E-state index contributed by atoms with van der Waals surface area (Å²) in [7, 11) is 0. The number of nitrogens with zero attached hydrogens (tertiary/aromatic N) is 3. The molecule has 0 amide bonds. The normalized spacial score (nSPS) is 12.1. The van der Waals surface area contributed by atoms with E-state index in [-0.39, 0.29) is 0 Å². The average Bonchev–Trinajstić information content (AvgIpc) is 3.96. The van der Waals surface area contributed by atoms with Crippen LogP contribution in [0.2, 0.25) is 0 Å². The molecule has 54 heavy (non-hydrogen) atoms. The number of benzene rings is 8. The Balaban J connectivity index is 1.11. The maximum atomic E-state index is 6.61. The van der Waals surface area contributed by atoms with E-state index in [2.05, 4.69) is 196 Å². The second-order valence-corrected chi connectivity index (χ2v) is 14.1. The Kier molecular flexibility index (Phi) is 6.02. The largest absolute Gasteiger partial charge is 0.439 e. The summed E-state index contributed by atoms with van der Waals surface area (Å²) in [5, 5.41) is 8.38. The maximum Gasteiger partial charge on any atom is 0.213 e. The summed E-state index contributed by atoms with van der Waals surface area (Å²) < 4.78 is 13.8. The minimum absolute atomic E-state index is 0.868. The molecule has 252 valence electrons. The molecule has 4 aromatic heterocycles. The Bertz CT molecular complexity index is 3410. The summed E-state index contributed by atoms with van der Waals surface area (Å²) in [5.41, 5.74) is 13.3. The molecule has 0 atom stereocenters. The van der Waals surface area contributed by atoms with Gasteiger partial charge in [0.25, 0.3) is 0 Å². The van der Waals surface area contributed by atoms with E-state index in [1.807, 2.05) is 6.07 Å². The number of furan rings is 1. The van der Waals surface area contributed by atoms with Crippen LogP contribution in [0.1, 0.15) is 0 Å². The lowest BCUT2D eigenvalue weighted by molar-refractivity contribution is 0.645. The molecule has 0 aliphatic carbocycles. The lowest BCUT2D eigenvalue weighted by Gasteiger charge is -2.18. The minimum Gasteiger partial charge on any atom is -0.439 e. The molecule has 0 saturated heterocycles. The van der Waals surface area contributed by atoms with Crippen molar-refractivity contribution in [3.05, 3.63) is 188 Å². The smallest absolute Gasteiger partial charge is 0.213 e. The van der Waals surface area contributed by atoms with Crippen molar-refractivity contribution < 1.29 is 4.42 Å². The zero-order valence-corrected chi connectivity index (χ0v) is 29.1. The lowest BCUT2D eigenvalue weighted by atomic mass is 10.0. The molecule has 12 rings (SSSR count). The van der Waals surface area contributed by atoms with Gasteiger partial charge in [0.1, 0.15) is 5.58 Å². The molecule has 0 radical (unpaired) electrons. The highest BCUT2D eigenvalue weighted by molar-refractivity contribution is 6.20. The molecule has 0 aliphatic heterocycles. The summed E-state index contributed by atoms with van der Waals surface area (Å²) >= 11 is 0. The number of fused-ring (bicyclic) bond motifs is 11. The predicted molar refractivity (Wildman–Crippen MR) is 225 cm³/mol. The van der Waals surface area contributed by atoms with Crippen LogP contribution in [0, 0.1) is 0 Å². The van der Waals surface area contributed by atoms with Gasteiger partial charge in [-0.2, -0.15) is 0 Å². The van der Waals surface area contributed by atoms with Crippen LogP contribution in [0.5, 0.6) is 0 Å². The minimum atomic E-state index is 0.868. The van der Waals surface area contributed by atoms with E-state index in [4.69, 9.17) is 4.42 Å². The van der Waals surface area contributed by atoms with Gasteiger partial charge in [-0.1, -0.05) is 127 Å². The predicted octanol–water partition coefficient (Wildman–Crippen LogP) is 13.4. The first-order chi connectivity index (χ1) is 26.8. The number of aromatic nitrogens is 3. The molecule has 4 heteroatoms. The van der Waals surface area contributed by atoms with Crippen LogP contribution in [0.15, 0.2) is 192 Å². The second kappa shape index (κ2) is 11.1. The Morgan fingerprint density at radius 3 is 1.33 bits per heavy atom. The molecular weight excluding hydrogens is 659 g/mol. The summed E-state index contributed by atoms with van der Waals surface area (Å²) in [5.74, 6) is 0. The topological polar surface area (TPSA) is 27.9 Å². The third-order valence-electron chi connectivity index (χ3n) is 11.3. The summed E-state index contributed by atoms with van der Waals surface area (Å²) in [6.07, 6.45) is 0. The van der Waals surface area contributed by atoms with Crippen LogP contribution in [0.3, 0.4) is 0 Å². The summed E-state index contributed by atoms with van der Waals surface area (Å²) in [4.78, 5) is 0. The van der Waals surface area contributed by atoms with E-state index in [0.29, 0.717) is 0 Å². The fraction of sp³-hybridized carbons (Fsp3) is 0. The van der Waals surface area contributed by atoms with Gasteiger partial charge in [0.2, 0.25) is 5.71 Å². The zero-order valence-electron chi connectivity index (χ0n) is 29.1. The first-order valence-electron chi connectivity index (χ1n) is 18.5. The molecular formula is C50H31N3O. The number of hydrogen-bond acceptors (Lipinski definition) is 1. The Morgan fingerprint density at radius 2 is 0.741 bits per heavy atom. The molecule has 0 bridgehead atoms. The molecule has 0 saturated carbocycles. The van der Waals surface area contributed by atoms with E-state index in [9.17, 15) is 0 Å². The van der Waals surface area contributed by atoms with Crippen LogP contribution in [-0.4, -0.2) is 13.7 Å². The van der Waals surface area contributed by atoms with Crippen LogP contribution in [0.4, 0.5) is 0 Å². The first-order valence-corrected chi connectivity index (χ1v) is 18.5. The van der Waals surface area contributed by atoms with Gasteiger partial charge in [0, 0.05) is 49.1 Å². The van der Waals surface area contributed by atoms with Gasteiger partial charge in [-0.25, -0.2) is 0 Å². The maximum absolute atomic E-state index is 6.61. The highest BCUT2D eigenvalue weighted by Gasteiger charge is 2.22. The van der Waals surface area contributed by atoms with Crippen molar-refractivity contribution in [3.63, 3.8) is 0 Å². The molecule has 0 unspecified atom stereocenters. The van der Waals surface area contributed by atoms with Gasteiger partial charge < -0.3 is 13.6 Å². The average molecular weight is 690 g/mol. The number of rotatable bonds is 4. The summed E-state index contributed by atoms with van der Waals surface area (Å²) in [6.45, 7) is 0. The molecule has 0 fully saturated rings. The molecule has 4 nitrogen and oxygen atoms in total. The molecule has 0 spiro atoms. The third kappa shape index (κ3) is 3.97. The van der Waals surface area contributed by atoms with E-state index in [1.54, 1.807) is 0 Å². The quantitative estimate of drug-likeness (QED) is 0.181. The van der Waals surface area contributed by atoms with Crippen molar-refractivity contribution in [2.75, 3.05) is 0 Å². The van der Waals surface area contributed by atoms with Gasteiger partial charge >= 0.3 is 0 Å². The van der Waals surface area contributed by atoms with Crippen LogP contribution >= 0.6 is 0 Å². The monoisotopic (exact) mass is 689 g/mol. The van der Waals surface area contributed by atoms with Crippen LogP contribution in [-0.2, 0) is 0 Å². The number of hydrogen-bond donors (Lipinski definition) is 0. The SMILES string of the molecule is c1ccc(-n2c3ccccc3c3ccccc32)c(-c2ccccc2-n2c3ccccc3c3cc(-n4c5ccccc5c5c6ccccc6oc54)ccc32)c1. The standard InChI is InChI=1S/C50H31N3O/c1-8-22-41-33(15-1)34-16-2-9-23-42(34)52(41)43-24-10-3-17-35(43)36-18-4-11-25-44(36)53-45-26-12-5-19-37(45)40-31-32(29-30-47(40)53)51-46-27-13-6-20-38(46)49-39-21-7-14-28-48(39)54-50(49)51/h1-31H. The van der Waals surface area contributed by atoms with Crippen LogP contribution in [0.25, 0.3) is 105 Å². The van der Waals surface area contributed by atoms with Crippen molar-refractivity contribution in [2.24, 2.45) is 0 Å². The van der Waals surface area contributed by atoms with E-state index < -0.39 is 0 Å². The van der Waals surface area contributed by atoms with E-state index in [1.165, 1.54) is 49.1 Å². The second-order valence-electron chi connectivity index (χ2n) is 14.1. The van der Waals surface area contributed by atoms with Crippen LogP contribution < -0.4 is 0 Å². The molecule has 12 aromatic rings. The van der Waals surface area contributed by atoms with Gasteiger partial charge in [0.15, 0.2) is 0 Å². The highest BCUT2D eigenvalue weighted by atomic mass is 16.3. The van der Waals surface area contributed by atoms with Gasteiger partial charge in [-0.15, -0.1) is 0 Å². The van der Waals surface area contributed by atoms with Crippen molar-refractivity contribution in [1.29, 1.82) is 0 Å². The fourth-order valence-corrected chi connectivity index (χ4v) is 9.03. The molecule has 0 N–H and O–H groups in total. The number of para-hydroxylation sites is 7. The third-order valence-corrected chi connectivity index (χ3v) is 11.3. The van der Waals surface area contributed by atoms with E-state index >= 15 is 0 Å². The molecule has 0 aliphatic rings. The molecule has 8 aromatic carbocycles. The van der Waals surface area contributed by atoms with Gasteiger partial charge in [-0.05, 0) is 60.7 Å². The fourth-order valence-electron chi connectivity index (χ4n) is 9.03. The van der Waals surface area contributed by atoms with Crippen molar-refractivity contribution >= 4 is 76.6 Å². The Morgan fingerprint density at radius 1 is 0.315 bits per heavy atom. The van der Waals surface area contributed by atoms with Gasteiger partial charge in [0.05, 0.1) is 44.3 Å². The van der Waals surface area contributed by atoms with Gasteiger partial charge in [-0.3, -0.25) is 4.57 Å². The van der Waals surface area contributed by atoms with E-state index in [0.717, 1.165) is 55.7 Å². The first kappa shape index (κ1) is 29.3. The zero-order chi connectivity index (χ0) is 35.3. The Hall–Kier alpha value is -7.30. The molecule has 4 heterocycles. The summed E-state index contributed by atoms with van der Waals surface area (Å²) in [6, 6.07) is 67.7. The van der Waals surface area contributed by atoms with Crippen molar-refractivity contribution in [2.45, 2.75) is 0 Å².